The highest BCUT2D eigenvalue weighted by atomic mass is 32.1. The Labute approximate surface area is 399 Å². The summed E-state index contributed by atoms with van der Waals surface area (Å²) < 4.78 is 35.4. The Hall–Kier alpha value is -4.54. The lowest BCUT2D eigenvalue weighted by molar-refractivity contribution is 0.0593. The number of fused-ring (bicyclic) bond motifs is 1. The van der Waals surface area contributed by atoms with Gasteiger partial charge in [0.15, 0.2) is 38.8 Å². The molecule has 6 rings (SSSR count). The molecule has 0 atom stereocenters. The van der Waals surface area contributed by atoms with Gasteiger partial charge >= 0.3 is 5.97 Å². The molecular formula is C49H68FN9O4S2Si. The minimum absolute atomic E-state index is 0.159. The molecule has 5 aromatic rings. The Balaban J connectivity index is 1.19. The number of carbonyl (C=O) groups excluding carboxylic acids is 1. The number of aromatic nitrogens is 4. The second kappa shape index (κ2) is 25.6. The van der Waals surface area contributed by atoms with Crippen LogP contribution >= 0.6 is 22.7 Å². The van der Waals surface area contributed by atoms with E-state index in [0.717, 1.165) is 70.4 Å². The number of rotatable bonds is 24. The lowest BCUT2D eigenvalue weighted by Crippen LogP contribution is -2.36. The number of aryl methyl sites for hydroxylation is 2. The summed E-state index contributed by atoms with van der Waals surface area (Å²) in [6.07, 6.45) is 7.88. The smallest absolute Gasteiger partial charge is 0.357 e. The van der Waals surface area contributed by atoms with Gasteiger partial charge in [-0.15, -0.1) is 21.5 Å². The van der Waals surface area contributed by atoms with Crippen molar-refractivity contribution in [2.24, 2.45) is 4.99 Å². The molecule has 356 valence electrons. The fourth-order valence-electron chi connectivity index (χ4n) is 7.40. The lowest BCUT2D eigenvalue weighted by Gasteiger charge is -2.26. The first kappa shape index (κ1) is 50.9. The topological polar surface area (TPSA) is 122 Å². The number of unbranched alkanes of at least 4 members (excludes halogenated alkanes) is 2. The number of thiazole rings is 2. The molecular weight excluding hydrogens is 890 g/mol. The third-order valence-electron chi connectivity index (χ3n) is 11.2. The number of piperidine rings is 1. The van der Waals surface area contributed by atoms with E-state index in [1.807, 2.05) is 44.1 Å². The third-order valence-corrected chi connectivity index (χ3v) is 15.1. The summed E-state index contributed by atoms with van der Waals surface area (Å²) in [5.74, 6) is 6.33. The molecule has 1 N–H and O–H groups in total. The maximum atomic E-state index is 14.9. The van der Waals surface area contributed by atoms with E-state index in [1.54, 1.807) is 23.5 Å². The van der Waals surface area contributed by atoms with Gasteiger partial charge in [-0.1, -0.05) is 67.8 Å². The zero-order chi connectivity index (χ0) is 46.9. The van der Waals surface area contributed by atoms with Gasteiger partial charge in [0.1, 0.15) is 6.73 Å². The van der Waals surface area contributed by atoms with Crippen molar-refractivity contribution < 1.29 is 23.4 Å². The van der Waals surface area contributed by atoms with Crippen LogP contribution in [-0.2, 0) is 22.6 Å². The maximum absolute atomic E-state index is 14.9. The number of halogens is 1. The first-order chi connectivity index (χ1) is 31.9. The molecule has 0 unspecified atom stereocenters. The van der Waals surface area contributed by atoms with Gasteiger partial charge in [-0.2, -0.15) is 4.99 Å². The molecule has 13 nitrogen and oxygen atoms in total. The number of nitrogens with zero attached hydrogens (tertiary/aromatic N) is 8. The SMILES string of the molecule is COC(=O)c1nc(N(CCCCCNCCN2CCCCC2)c2cc(C)c(/N=c3\sc4ccccc4n3COCC[Si](C)(C)C)nn2)sc1CCCOc1ccc(C#CCN(C)C)cc1F. The van der Waals surface area contributed by atoms with E-state index in [0.29, 0.717) is 61.6 Å². The fraction of sp³-hybridized carbons (Fsp3) is 0.531. The predicted molar refractivity (Wildman–Crippen MR) is 269 cm³/mol. The van der Waals surface area contributed by atoms with Crippen molar-refractivity contribution in [2.45, 2.75) is 90.7 Å². The number of hydrogen-bond acceptors (Lipinski definition) is 14. The van der Waals surface area contributed by atoms with Crippen molar-refractivity contribution in [1.29, 1.82) is 0 Å². The van der Waals surface area contributed by atoms with Gasteiger partial charge in [-0.3, -0.25) is 9.47 Å². The van der Waals surface area contributed by atoms with Crippen molar-refractivity contribution in [3.63, 3.8) is 0 Å². The van der Waals surface area contributed by atoms with Crippen LogP contribution in [0.5, 0.6) is 5.75 Å². The van der Waals surface area contributed by atoms with Crippen LogP contribution in [0.15, 0.2) is 53.5 Å². The number of benzene rings is 2. The zero-order valence-electron chi connectivity index (χ0n) is 40.0. The predicted octanol–water partition coefficient (Wildman–Crippen LogP) is 9.04. The number of nitrogens with one attached hydrogen (secondary N) is 1. The number of ether oxygens (including phenoxy) is 3. The highest BCUT2D eigenvalue weighted by Crippen LogP contribution is 2.34. The van der Waals surface area contributed by atoms with Crippen LogP contribution in [0, 0.1) is 24.6 Å². The highest BCUT2D eigenvalue weighted by Gasteiger charge is 2.24. The molecule has 0 amide bonds. The van der Waals surface area contributed by atoms with Crippen molar-refractivity contribution in [2.75, 3.05) is 85.1 Å². The third kappa shape index (κ3) is 15.5. The van der Waals surface area contributed by atoms with Gasteiger partial charge in [0.2, 0.25) is 0 Å². The van der Waals surface area contributed by atoms with E-state index in [4.69, 9.17) is 34.4 Å². The van der Waals surface area contributed by atoms with Crippen molar-refractivity contribution in [3.8, 4) is 17.6 Å². The molecule has 1 aliphatic heterocycles. The molecule has 66 heavy (non-hydrogen) atoms. The van der Waals surface area contributed by atoms with E-state index in [-0.39, 0.29) is 18.1 Å². The number of hydrogen-bond donors (Lipinski definition) is 1. The molecule has 0 spiro atoms. The second-order valence-electron chi connectivity index (χ2n) is 18.2. The number of methoxy groups -OCH3 is 1. The van der Waals surface area contributed by atoms with Gasteiger partial charge in [-0.25, -0.2) is 14.2 Å². The average molecular weight is 958 g/mol. The summed E-state index contributed by atoms with van der Waals surface area (Å²) in [6, 6.07) is 16.1. The van der Waals surface area contributed by atoms with Crippen LogP contribution < -0.4 is 19.8 Å². The summed E-state index contributed by atoms with van der Waals surface area (Å²) in [5.41, 5.74) is 2.77. The number of anilines is 2. The number of likely N-dealkylation sites (tertiary alicyclic amines) is 1. The van der Waals surface area contributed by atoms with Gasteiger partial charge in [-0.05, 0) is 127 Å². The van der Waals surface area contributed by atoms with Crippen LogP contribution in [-0.4, -0.2) is 124 Å². The van der Waals surface area contributed by atoms with Crippen molar-refractivity contribution in [3.05, 3.63) is 80.8 Å². The normalized spacial score (nSPS) is 13.6. The Morgan fingerprint density at radius 3 is 2.56 bits per heavy atom. The minimum Gasteiger partial charge on any atom is -0.491 e. The largest absolute Gasteiger partial charge is 0.491 e. The number of para-hydroxylation sites is 1. The summed E-state index contributed by atoms with van der Waals surface area (Å²) in [4.78, 5) is 31.2. The molecule has 1 aliphatic rings. The molecule has 4 heterocycles. The second-order valence-corrected chi connectivity index (χ2v) is 25.9. The molecule has 0 bridgehead atoms. The van der Waals surface area contributed by atoms with Gasteiger partial charge < -0.3 is 29.3 Å². The lowest BCUT2D eigenvalue weighted by atomic mass is 10.1. The average Bonchev–Trinajstić information content (AvgIpc) is 3.88. The van der Waals surface area contributed by atoms with Gasteiger partial charge in [0, 0.05) is 44.8 Å². The quantitative estimate of drug-likeness (QED) is 0.0276. The Morgan fingerprint density at radius 2 is 1.80 bits per heavy atom. The summed E-state index contributed by atoms with van der Waals surface area (Å²) >= 11 is 3.03. The molecule has 1 fully saturated rings. The van der Waals surface area contributed by atoms with E-state index >= 15 is 0 Å². The summed E-state index contributed by atoms with van der Waals surface area (Å²) in [7, 11) is 3.98. The monoisotopic (exact) mass is 957 g/mol. The molecule has 2 aromatic carbocycles. The standard InChI is InChI=1S/C49H68FN9O4S2Si/c1-37-34-44(54-55-46(37)53-49-59(36-62-32-33-66(5,6)7)40-19-10-11-20-42(40)64-49)58(29-15-8-12-24-51-25-30-57-27-13-9-14-28-57)48-52-45(47(60)61-4)43(65-48)21-17-31-63-41-23-22-38(35-39(41)50)18-16-26-56(2)3/h10-11,19-20,22-23,34-35,51H,8-9,12-15,17,21,24-33,36H2,1-7H3/b53-49-. The van der Waals surface area contributed by atoms with Crippen LogP contribution in [0.2, 0.25) is 25.7 Å². The number of carbonyl (C=O) groups is 1. The van der Waals surface area contributed by atoms with Crippen molar-refractivity contribution in [1.82, 2.24) is 34.9 Å². The molecule has 0 saturated carbocycles. The van der Waals surface area contributed by atoms with Gasteiger partial charge in [0.05, 0.1) is 30.5 Å². The van der Waals surface area contributed by atoms with Crippen LogP contribution in [0.25, 0.3) is 10.2 Å². The van der Waals surface area contributed by atoms with Crippen LogP contribution in [0.4, 0.5) is 21.2 Å². The Kier molecular flexibility index (Phi) is 19.7. The number of esters is 1. The minimum atomic E-state index is -1.24. The van der Waals surface area contributed by atoms with E-state index in [1.165, 1.54) is 56.9 Å². The first-order valence-electron chi connectivity index (χ1n) is 23.3. The maximum Gasteiger partial charge on any atom is 0.357 e. The molecule has 17 heteroatoms. The molecule has 0 radical (unpaired) electrons. The Morgan fingerprint density at radius 1 is 0.985 bits per heavy atom. The highest BCUT2D eigenvalue weighted by molar-refractivity contribution is 7.16. The van der Waals surface area contributed by atoms with E-state index in [2.05, 4.69) is 63.3 Å². The Bertz CT molecular complexity index is 2470. The zero-order valence-corrected chi connectivity index (χ0v) is 42.6. The molecule has 3 aromatic heterocycles. The van der Waals surface area contributed by atoms with E-state index in [9.17, 15) is 9.18 Å². The van der Waals surface area contributed by atoms with Crippen LogP contribution in [0.1, 0.15) is 71.4 Å². The van der Waals surface area contributed by atoms with Crippen molar-refractivity contribution >= 4 is 63.7 Å². The summed E-state index contributed by atoms with van der Waals surface area (Å²) in [5, 5.41) is 13.7. The fourth-order valence-corrected chi connectivity index (χ4v) is 10.3. The molecule has 0 aliphatic carbocycles. The van der Waals surface area contributed by atoms with E-state index < -0.39 is 19.9 Å². The van der Waals surface area contributed by atoms with Gasteiger partial charge in [0.25, 0.3) is 0 Å². The van der Waals surface area contributed by atoms with Crippen LogP contribution in [0.3, 0.4) is 0 Å². The first-order valence-corrected chi connectivity index (χ1v) is 28.6. The summed E-state index contributed by atoms with van der Waals surface area (Å²) in [6.45, 7) is 17.1. The molecule has 1 saturated heterocycles.